The molecule has 0 unspecified atom stereocenters. The molecule has 37 heavy (non-hydrogen) atoms. The number of rotatable bonds is 10. The van der Waals surface area contributed by atoms with Gasteiger partial charge < -0.3 is 14.2 Å². The first-order chi connectivity index (χ1) is 18.0. The molecule has 1 aliphatic carbocycles. The van der Waals surface area contributed by atoms with Crippen LogP contribution in [0, 0.1) is 0 Å². The molecule has 0 saturated heterocycles. The summed E-state index contributed by atoms with van der Waals surface area (Å²) in [7, 11) is 1.53. The molecular formula is C29H33N3O5. The maximum absolute atomic E-state index is 13.5. The van der Waals surface area contributed by atoms with Crippen LogP contribution in [-0.2, 0) is 16.0 Å². The van der Waals surface area contributed by atoms with Crippen molar-refractivity contribution in [3.05, 3.63) is 76.4 Å². The van der Waals surface area contributed by atoms with Crippen LogP contribution in [0.1, 0.15) is 61.9 Å². The van der Waals surface area contributed by atoms with Crippen LogP contribution in [0.4, 0.5) is 0 Å². The zero-order valence-electron chi connectivity index (χ0n) is 21.4. The van der Waals surface area contributed by atoms with Gasteiger partial charge in [0.05, 0.1) is 30.8 Å². The van der Waals surface area contributed by atoms with Gasteiger partial charge in [-0.05, 0) is 56.0 Å². The summed E-state index contributed by atoms with van der Waals surface area (Å²) in [5.41, 5.74) is 2.00. The predicted molar refractivity (Wildman–Crippen MR) is 144 cm³/mol. The topological polar surface area (TPSA) is 92.0 Å². The van der Waals surface area contributed by atoms with E-state index in [0.717, 1.165) is 31.2 Å². The highest BCUT2D eigenvalue weighted by Gasteiger charge is 2.22. The second kappa shape index (κ2) is 12.3. The van der Waals surface area contributed by atoms with E-state index in [-0.39, 0.29) is 24.7 Å². The average molecular weight is 504 g/mol. The number of carbonyl (C=O) groups excluding carboxylic acids is 1. The fourth-order valence-electron chi connectivity index (χ4n) is 4.72. The number of methoxy groups -OCH3 is 1. The fourth-order valence-corrected chi connectivity index (χ4v) is 4.72. The van der Waals surface area contributed by atoms with Crippen LogP contribution in [0.3, 0.4) is 0 Å². The number of carbonyl (C=O) groups is 1. The number of allylic oxidation sites excluding steroid dienone is 1. The number of esters is 1. The SMILES string of the molecule is C=CCc1cc(C=Nn2c(C3CCCCC3)nc3ccccc3c2=O)cc(OC)c1OCC(=O)OCC. The second-order valence-electron chi connectivity index (χ2n) is 8.98. The van der Waals surface area contributed by atoms with Gasteiger partial charge in [0, 0.05) is 11.5 Å². The van der Waals surface area contributed by atoms with Crippen molar-refractivity contribution in [3.8, 4) is 11.5 Å². The molecule has 8 heteroatoms. The molecule has 3 aromatic rings. The van der Waals surface area contributed by atoms with Crippen LogP contribution in [0.2, 0.25) is 0 Å². The number of fused-ring (bicyclic) bond motifs is 1. The highest BCUT2D eigenvalue weighted by molar-refractivity contribution is 5.82. The van der Waals surface area contributed by atoms with E-state index in [2.05, 4.69) is 11.7 Å². The molecule has 2 aromatic carbocycles. The van der Waals surface area contributed by atoms with E-state index in [1.165, 1.54) is 18.2 Å². The molecule has 8 nitrogen and oxygen atoms in total. The highest BCUT2D eigenvalue weighted by Crippen LogP contribution is 2.34. The van der Waals surface area contributed by atoms with Crippen molar-refractivity contribution < 1.29 is 19.0 Å². The normalized spacial score (nSPS) is 14.1. The summed E-state index contributed by atoms with van der Waals surface area (Å²) in [5, 5.41) is 5.16. The lowest BCUT2D eigenvalue weighted by atomic mass is 9.88. The summed E-state index contributed by atoms with van der Waals surface area (Å²) < 4.78 is 17.7. The van der Waals surface area contributed by atoms with Crippen molar-refractivity contribution in [1.82, 2.24) is 9.66 Å². The number of aromatic nitrogens is 2. The van der Waals surface area contributed by atoms with Crippen LogP contribution < -0.4 is 15.0 Å². The maximum Gasteiger partial charge on any atom is 0.344 e. The lowest BCUT2D eigenvalue weighted by Gasteiger charge is -2.22. The molecular weight excluding hydrogens is 470 g/mol. The van der Waals surface area contributed by atoms with Crippen molar-refractivity contribution in [2.45, 2.75) is 51.4 Å². The Morgan fingerprint density at radius 2 is 2.00 bits per heavy atom. The Bertz CT molecular complexity index is 1360. The number of hydrogen-bond acceptors (Lipinski definition) is 7. The molecule has 1 fully saturated rings. The quantitative estimate of drug-likeness (QED) is 0.220. The first-order valence-electron chi connectivity index (χ1n) is 12.7. The van der Waals surface area contributed by atoms with E-state index < -0.39 is 5.97 Å². The molecule has 0 N–H and O–H groups in total. The summed E-state index contributed by atoms with van der Waals surface area (Å²) >= 11 is 0. The maximum atomic E-state index is 13.5. The van der Waals surface area contributed by atoms with E-state index in [1.54, 1.807) is 31.3 Å². The summed E-state index contributed by atoms with van der Waals surface area (Å²) in [5.74, 6) is 1.32. The van der Waals surface area contributed by atoms with Gasteiger partial charge in [-0.2, -0.15) is 9.78 Å². The Hall–Kier alpha value is -3.94. The number of hydrogen-bond donors (Lipinski definition) is 0. The van der Waals surface area contributed by atoms with Crippen molar-refractivity contribution in [3.63, 3.8) is 0 Å². The third kappa shape index (κ3) is 6.07. The first kappa shape index (κ1) is 26.1. The van der Waals surface area contributed by atoms with Gasteiger partial charge in [-0.3, -0.25) is 4.79 Å². The predicted octanol–water partition coefficient (Wildman–Crippen LogP) is 5.01. The van der Waals surface area contributed by atoms with E-state index in [9.17, 15) is 9.59 Å². The Kier molecular flexibility index (Phi) is 8.72. The molecule has 1 saturated carbocycles. The smallest absolute Gasteiger partial charge is 0.344 e. The minimum Gasteiger partial charge on any atom is -0.493 e. The van der Waals surface area contributed by atoms with Crippen LogP contribution in [-0.4, -0.2) is 42.2 Å². The van der Waals surface area contributed by atoms with Crippen molar-refractivity contribution in [2.24, 2.45) is 5.10 Å². The monoisotopic (exact) mass is 503 g/mol. The Morgan fingerprint density at radius 3 is 2.73 bits per heavy atom. The Labute approximate surface area is 216 Å². The Morgan fingerprint density at radius 1 is 1.22 bits per heavy atom. The van der Waals surface area contributed by atoms with E-state index in [4.69, 9.17) is 19.2 Å². The van der Waals surface area contributed by atoms with Crippen LogP contribution in [0.25, 0.3) is 10.9 Å². The number of para-hydroxylation sites is 1. The summed E-state index contributed by atoms with van der Waals surface area (Å²) in [6.45, 7) is 5.62. The van der Waals surface area contributed by atoms with Gasteiger partial charge in [0.15, 0.2) is 18.1 Å². The minimum atomic E-state index is -0.460. The Balaban J connectivity index is 1.74. The van der Waals surface area contributed by atoms with Gasteiger partial charge in [0.1, 0.15) is 5.82 Å². The standard InChI is InChI=1S/C29H33N3O5/c1-4-11-22-16-20(17-25(35-3)27(22)37-19-26(33)36-5-2)18-30-32-28(21-12-7-6-8-13-21)31-24-15-10-9-14-23(24)29(32)34/h4,9-10,14-18,21H,1,5-8,11-13,19H2,2-3H3. The van der Waals surface area contributed by atoms with Gasteiger partial charge in [0.2, 0.25) is 0 Å². The molecule has 1 heterocycles. The van der Waals surface area contributed by atoms with Gasteiger partial charge in [-0.25, -0.2) is 9.78 Å². The summed E-state index contributed by atoms with van der Waals surface area (Å²) in [4.78, 5) is 30.2. The summed E-state index contributed by atoms with van der Waals surface area (Å²) in [6.07, 6.45) is 9.28. The molecule has 0 atom stereocenters. The zero-order valence-corrected chi connectivity index (χ0v) is 21.4. The van der Waals surface area contributed by atoms with E-state index >= 15 is 0 Å². The van der Waals surface area contributed by atoms with Crippen LogP contribution >= 0.6 is 0 Å². The van der Waals surface area contributed by atoms with E-state index in [1.807, 2.05) is 24.3 Å². The van der Waals surface area contributed by atoms with Crippen LogP contribution in [0.15, 0.2) is 58.9 Å². The molecule has 0 radical (unpaired) electrons. The van der Waals surface area contributed by atoms with Gasteiger partial charge >= 0.3 is 5.97 Å². The van der Waals surface area contributed by atoms with E-state index in [0.29, 0.717) is 40.2 Å². The van der Waals surface area contributed by atoms with Crippen molar-refractivity contribution in [2.75, 3.05) is 20.3 Å². The third-order valence-corrected chi connectivity index (χ3v) is 6.45. The molecule has 4 rings (SSSR count). The van der Waals surface area contributed by atoms with Gasteiger partial charge in [0.25, 0.3) is 5.56 Å². The largest absolute Gasteiger partial charge is 0.493 e. The average Bonchev–Trinajstić information content (AvgIpc) is 2.92. The molecule has 0 amide bonds. The van der Waals surface area contributed by atoms with Crippen molar-refractivity contribution in [1.29, 1.82) is 0 Å². The van der Waals surface area contributed by atoms with Crippen LogP contribution in [0.5, 0.6) is 11.5 Å². The molecule has 0 aliphatic heterocycles. The number of nitrogens with zero attached hydrogens (tertiary/aromatic N) is 3. The highest BCUT2D eigenvalue weighted by atomic mass is 16.6. The third-order valence-electron chi connectivity index (χ3n) is 6.45. The van der Waals surface area contributed by atoms with Gasteiger partial charge in [-0.1, -0.05) is 37.5 Å². The lowest BCUT2D eigenvalue weighted by molar-refractivity contribution is -0.145. The molecule has 194 valence electrons. The lowest BCUT2D eigenvalue weighted by Crippen LogP contribution is -2.25. The molecule has 1 aliphatic rings. The zero-order chi connectivity index (χ0) is 26.2. The second-order valence-corrected chi connectivity index (χ2v) is 8.98. The number of benzene rings is 2. The molecule has 0 spiro atoms. The van der Waals surface area contributed by atoms with Crippen molar-refractivity contribution >= 4 is 23.1 Å². The molecule has 1 aromatic heterocycles. The first-order valence-corrected chi connectivity index (χ1v) is 12.7. The number of ether oxygens (including phenoxy) is 3. The molecule has 0 bridgehead atoms. The fraction of sp³-hybridized carbons (Fsp3) is 0.379. The summed E-state index contributed by atoms with van der Waals surface area (Å²) in [6, 6.07) is 11.0. The van der Waals surface area contributed by atoms with Gasteiger partial charge in [-0.15, -0.1) is 6.58 Å². The minimum absolute atomic E-state index is 0.185.